The second-order valence-corrected chi connectivity index (χ2v) is 3.57. The molecule has 0 bridgehead atoms. The largest absolute Gasteiger partial charge is 0.423 e. The van der Waals surface area contributed by atoms with Gasteiger partial charge in [-0.3, -0.25) is 14.4 Å². The molecule has 0 unspecified atom stereocenters. The van der Waals surface area contributed by atoms with Gasteiger partial charge in [-0.25, -0.2) is 0 Å². The third-order valence-corrected chi connectivity index (χ3v) is 1.73. The van der Waals surface area contributed by atoms with Crippen molar-refractivity contribution in [2.75, 3.05) is 0 Å². The van der Waals surface area contributed by atoms with Crippen molar-refractivity contribution in [3.63, 3.8) is 0 Å². The number of hydrogen-bond acceptors (Lipinski definition) is 6. The first-order valence-corrected chi connectivity index (χ1v) is 5.40. The fourth-order valence-corrected chi connectivity index (χ4v) is 1.27. The Hall–Kier alpha value is -1.59. The summed E-state index contributed by atoms with van der Waals surface area (Å²) in [6.45, 7) is 5.34. The molecule has 17 heavy (non-hydrogen) atoms. The lowest BCUT2D eigenvalue weighted by Crippen LogP contribution is -2.43. The van der Waals surface area contributed by atoms with Gasteiger partial charge in [0.25, 0.3) is 0 Å². The van der Waals surface area contributed by atoms with Crippen LogP contribution in [0.15, 0.2) is 0 Å². The van der Waals surface area contributed by atoms with Crippen LogP contribution in [0, 0.1) is 0 Å². The molecule has 0 N–H and O–H groups in total. The molecular formula is C11H18O6. The number of esters is 3. The number of carbonyl (C=O) groups is 3. The summed E-state index contributed by atoms with van der Waals surface area (Å²) in [7, 11) is 0. The van der Waals surface area contributed by atoms with Crippen LogP contribution in [0.25, 0.3) is 0 Å². The summed E-state index contributed by atoms with van der Waals surface area (Å²) < 4.78 is 14.5. The Kier molecular flexibility index (Phi) is 6.23. The maximum absolute atomic E-state index is 11.0. The fraction of sp³-hybridized carbons (Fsp3) is 0.727. The second kappa shape index (κ2) is 6.88. The lowest BCUT2D eigenvalue weighted by molar-refractivity contribution is -0.330. The number of rotatable bonds is 6. The van der Waals surface area contributed by atoms with Crippen molar-refractivity contribution in [3.05, 3.63) is 0 Å². The zero-order valence-corrected chi connectivity index (χ0v) is 10.6. The topological polar surface area (TPSA) is 78.9 Å². The summed E-state index contributed by atoms with van der Waals surface area (Å²) >= 11 is 0. The van der Waals surface area contributed by atoms with Gasteiger partial charge in [0, 0.05) is 20.8 Å². The maximum atomic E-state index is 11.0. The zero-order chi connectivity index (χ0) is 13.5. The van der Waals surface area contributed by atoms with E-state index in [1.54, 1.807) is 0 Å². The normalized spacial score (nSPS) is 10.6. The third-order valence-electron chi connectivity index (χ3n) is 1.73. The molecule has 0 aromatic rings. The van der Waals surface area contributed by atoms with Crippen molar-refractivity contribution in [3.8, 4) is 0 Å². The highest BCUT2D eigenvalue weighted by Crippen LogP contribution is 2.24. The summed E-state index contributed by atoms with van der Waals surface area (Å²) in [6, 6.07) is 0. The first-order valence-electron chi connectivity index (χ1n) is 5.40. The van der Waals surface area contributed by atoms with Gasteiger partial charge in [0.05, 0.1) is 6.42 Å². The van der Waals surface area contributed by atoms with E-state index in [9.17, 15) is 14.4 Å². The van der Waals surface area contributed by atoms with E-state index in [1.807, 2.05) is 6.92 Å². The first-order chi connectivity index (χ1) is 7.81. The monoisotopic (exact) mass is 246 g/mol. The number of unbranched alkanes of at least 4 members (excludes halogenated alkanes) is 1. The van der Waals surface area contributed by atoms with Gasteiger partial charge < -0.3 is 14.2 Å². The van der Waals surface area contributed by atoms with E-state index in [1.165, 1.54) is 0 Å². The molecule has 0 aromatic heterocycles. The molecule has 0 heterocycles. The maximum Gasteiger partial charge on any atom is 0.423 e. The fourth-order valence-electron chi connectivity index (χ4n) is 1.27. The van der Waals surface area contributed by atoms with E-state index in [4.69, 9.17) is 14.2 Å². The van der Waals surface area contributed by atoms with Crippen molar-refractivity contribution < 1.29 is 28.6 Å². The molecular weight excluding hydrogens is 228 g/mol. The van der Waals surface area contributed by atoms with E-state index in [0.717, 1.165) is 27.2 Å². The molecule has 0 aliphatic heterocycles. The zero-order valence-electron chi connectivity index (χ0n) is 10.6. The molecule has 0 aliphatic carbocycles. The number of ether oxygens (including phenoxy) is 3. The summed E-state index contributed by atoms with van der Waals surface area (Å²) in [5, 5.41) is 0. The molecule has 0 saturated carbocycles. The molecule has 0 aromatic carbocycles. The van der Waals surface area contributed by atoms with E-state index in [-0.39, 0.29) is 6.42 Å². The molecule has 0 amide bonds. The summed E-state index contributed by atoms with van der Waals surface area (Å²) in [6.07, 6.45) is 1.46. The molecule has 98 valence electrons. The summed E-state index contributed by atoms with van der Waals surface area (Å²) in [4.78, 5) is 32.9. The van der Waals surface area contributed by atoms with Gasteiger partial charge in [-0.15, -0.1) is 0 Å². The Bertz CT molecular complexity index is 256. The van der Waals surface area contributed by atoms with Crippen LogP contribution in [-0.4, -0.2) is 23.9 Å². The number of carbonyl (C=O) groups excluding carboxylic acids is 3. The molecule has 6 nitrogen and oxygen atoms in total. The minimum absolute atomic E-state index is 0.113. The van der Waals surface area contributed by atoms with Crippen LogP contribution in [0.5, 0.6) is 0 Å². The summed E-state index contributed by atoms with van der Waals surface area (Å²) in [5.41, 5.74) is 0. The summed E-state index contributed by atoms with van der Waals surface area (Å²) in [5.74, 6) is -4.00. The van der Waals surface area contributed by atoms with E-state index >= 15 is 0 Å². The van der Waals surface area contributed by atoms with Crippen molar-refractivity contribution in [1.29, 1.82) is 0 Å². The van der Waals surface area contributed by atoms with Gasteiger partial charge in [0.1, 0.15) is 0 Å². The van der Waals surface area contributed by atoms with Gasteiger partial charge in [-0.1, -0.05) is 13.3 Å². The molecule has 6 heteroatoms. The molecule has 0 fully saturated rings. The van der Waals surface area contributed by atoms with Crippen LogP contribution in [0.4, 0.5) is 0 Å². The van der Waals surface area contributed by atoms with E-state index < -0.39 is 23.9 Å². The lowest BCUT2D eigenvalue weighted by atomic mass is 10.2. The van der Waals surface area contributed by atoms with Crippen LogP contribution in [0.2, 0.25) is 0 Å². The van der Waals surface area contributed by atoms with Crippen molar-refractivity contribution in [2.45, 2.75) is 52.9 Å². The van der Waals surface area contributed by atoms with Crippen LogP contribution in [0.3, 0.4) is 0 Å². The molecule has 0 saturated heterocycles. The van der Waals surface area contributed by atoms with E-state index in [0.29, 0.717) is 6.42 Å². The average Bonchev–Trinajstić information content (AvgIpc) is 2.11. The van der Waals surface area contributed by atoms with Gasteiger partial charge in [-0.2, -0.15) is 0 Å². The SMILES string of the molecule is CCCCC(OC(C)=O)(OC(C)=O)OC(C)=O. The Morgan fingerprint density at radius 3 is 1.47 bits per heavy atom. The van der Waals surface area contributed by atoms with Crippen LogP contribution >= 0.6 is 0 Å². The average molecular weight is 246 g/mol. The number of hydrogen-bond donors (Lipinski definition) is 0. The van der Waals surface area contributed by atoms with E-state index in [2.05, 4.69) is 0 Å². The molecule has 0 aliphatic rings. The Labute approximate surface area is 100 Å². The Balaban J connectivity index is 4.95. The van der Waals surface area contributed by atoms with Gasteiger partial charge in [0.15, 0.2) is 0 Å². The molecule has 0 spiro atoms. The first kappa shape index (κ1) is 15.4. The Morgan fingerprint density at radius 1 is 0.882 bits per heavy atom. The highest BCUT2D eigenvalue weighted by molar-refractivity contribution is 5.70. The lowest BCUT2D eigenvalue weighted by Gasteiger charge is -2.30. The van der Waals surface area contributed by atoms with Gasteiger partial charge >= 0.3 is 23.9 Å². The third kappa shape index (κ3) is 6.55. The Morgan fingerprint density at radius 2 is 1.24 bits per heavy atom. The molecule has 0 atom stereocenters. The minimum Gasteiger partial charge on any atom is -0.388 e. The van der Waals surface area contributed by atoms with Crippen LogP contribution < -0.4 is 0 Å². The van der Waals surface area contributed by atoms with Gasteiger partial charge in [-0.05, 0) is 6.42 Å². The predicted molar refractivity (Wildman–Crippen MR) is 57.6 cm³/mol. The highest BCUT2D eigenvalue weighted by Gasteiger charge is 2.40. The van der Waals surface area contributed by atoms with Crippen molar-refractivity contribution >= 4 is 17.9 Å². The van der Waals surface area contributed by atoms with Crippen molar-refractivity contribution in [1.82, 2.24) is 0 Å². The molecule has 0 rings (SSSR count). The van der Waals surface area contributed by atoms with Crippen LogP contribution in [-0.2, 0) is 28.6 Å². The molecule has 0 radical (unpaired) electrons. The predicted octanol–water partition coefficient (Wildman–Crippen LogP) is 1.52. The van der Waals surface area contributed by atoms with Gasteiger partial charge in [0.2, 0.25) is 0 Å². The van der Waals surface area contributed by atoms with Crippen molar-refractivity contribution in [2.24, 2.45) is 0 Å². The smallest absolute Gasteiger partial charge is 0.388 e. The standard InChI is InChI=1S/C11H18O6/c1-5-6-7-11(15-8(2)12,16-9(3)13)17-10(4)14/h5-7H2,1-4H3. The van der Waals surface area contributed by atoms with Crippen LogP contribution in [0.1, 0.15) is 47.0 Å². The second-order valence-electron chi connectivity index (χ2n) is 3.57. The highest BCUT2D eigenvalue weighted by atomic mass is 16.9. The minimum atomic E-state index is -1.93. The quantitative estimate of drug-likeness (QED) is 0.522.